The molecule has 0 aliphatic heterocycles. The normalized spacial score (nSPS) is 13.6. The Morgan fingerprint density at radius 3 is 2.58 bits per heavy atom. The van der Waals surface area contributed by atoms with E-state index >= 15 is 0 Å². The molecule has 0 saturated carbocycles. The van der Waals surface area contributed by atoms with Gasteiger partial charge in [-0.2, -0.15) is 0 Å². The molecular formula is C16H26ClNO. The van der Waals surface area contributed by atoms with Crippen LogP contribution in [0.3, 0.4) is 0 Å². The minimum Gasteiger partial charge on any atom is -0.379 e. The second-order valence-electron chi connectivity index (χ2n) is 5.72. The zero-order valence-corrected chi connectivity index (χ0v) is 13.5. The summed E-state index contributed by atoms with van der Waals surface area (Å²) in [5.74, 6) is 0. The molecule has 0 radical (unpaired) electrons. The summed E-state index contributed by atoms with van der Waals surface area (Å²) >= 11 is 6.32. The molecule has 0 spiro atoms. The van der Waals surface area contributed by atoms with E-state index in [1.165, 1.54) is 11.1 Å². The third kappa shape index (κ3) is 5.52. The van der Waals surface area contributed by atoms with E-state index in [-0.39, 0.29) is 5.60 Å². The number of hydrogen-bond acceptors (Lipinski definition) is 2. The largest absolute Gasteiger partial charge is 0.379 e. The lowest BCUT2D eigenvalue weighted by molar-refractivity contribution is 0.00726. The van der Waals surface area contributed by atoms with Gasteiger partial charge in [0.05, 0.1) is 5.60 Å². The van der Waals surface area contributed by atoms with Crippen LogP contribution in [-0.2, 0) is 11.2 Å². The van der Waals surface area contributed by atoms with Crippen LogP contribution in [0.25, 0.3) is 0 Å². The Hall–Kier alpha value is -0.570. The summed E-state index contributed by atoms with van der Waals surface area (Å²) in [5, 5.41) is 4.38. The topological polar surface area (TPSA) is 21.3 Å². The molecule has 0 aliphatic carbocycles. The molecule has 108 valence electrons. The zero-order valence-electron chi connectivity index (χ0n) is 12.7. The summed E-state index contributed by atoms with van der Waals surface area (Å²) in [6.07, 6.45) is 1.89. The Morgan fingerprint density at radius 2 is 2.05 bits per heavy atom. The molecule has 0 heterocycles. The maximum Gasteiger partial charge on any atom is 0.0637 e. The molecule has 1 aromatic carbocycles. The number of benzene rings is 1. The van der Waals surface area contributed by atoms with Crippen LogP contribution >= 0.6 is 11.6 Å². The van der Waals surface area contributed by atoms with Crippen molar-refractivity contribution in [1.82, 2.24) is 5.32 Å². The SMILES string of the molecule is CCNC(Cc1ccc(C)cc1Cl)CC(C)(C)OC. The quantitative estimate of drug-likeness (QED) is 0.817. The average molecular weight is 284 g/mol. The van der Waals surface area contributed by atoms with Gasteiger partial charge in [-0.05, 0) is 57.4 Å². The zero-order chi connectivity index (χ0) is 14.5. The van der Waals surface area contributed by atoms with E-state index in [0.717, 1.165) is 24.4 Å². The number of likely N-dealkylation sites (N-methyl/N-ethyl adjacent to an activating group) is 1. The molecule has 1 aromatic rings. The molecule has 3 heteroatoms. The van der Waals surface area contributed by atoms with Gasteiger partial charge in [0.25, 0.3) is 0 Å². The molecule has 1 atom stereocenters. The van der Waals surface area contributed by atoms with Crippen LogP contribution in [0.1, 0.15) is 38.3 Å². The molecule has 0 fully saturated rings. The summed E-state index contributed by atoms with van der Waals surface area (Å²) in [6.45, 7) is 9.38. The summed E-state index contributed by atoms with van der Waals surface area (Å²) in [6, 6.07) is 6.65. The Labute approximate surface area is 122 Å². The number of aryl methyl sites for hydroxylation is 1. The Morgan fingerprint density at radius 1 is 1.37 bits per heavy atom. The van der Waals surface area contributed by atoms with Crippen molar-refractivity contribution in [3.05, 3.63) is 34.3 Å². The smallest absolute Gasteiger partial charge is 0.0637 e. The Balaban J connectivity index is 2.77. The van der Waals surface area contributed by atoms with E-state index in [9.17, 15) is 0 Å². The second kappa shape index (κ2) is 7.28. The minimum atomic E-state index is -0.121. The number of rotatable bonds is 7. The van der Waals surface area contributed by atoms with Crippen molar-refractivity contribution in [3.8, 4) is 0 Å². The molecule has 0 saturated heterocycles. The van der Waals surface area contributed by atoms with Crippen LogP contribution in [0.2, 0.25) is 5.02 Å². The van der Waals surface area contributed by atoms with Gasteiger partial charge in [-0.15, -0.1) is 0 Å². The van der Waals surface area contributed by atoms with Crippen molar-refractivity contribution < 1.29 is 4.74 Å². The van der Waals surface area contributed by atoms with E-state index in [1.54, 1.807) is 7.11 Å². The first kappa shape index (κ1) is 16.5. The van der Waals surface area contributed by atoms with Crippen LogP contribution in [0.5, 0.6) is 0 Å². The van der Waals surface area contributed by atoms with E-state index in [1.807, 2.05) is 6.07 Å². The first-order valence-corrected chi connectivity index (χ1v) is 7.29. The molecule has 1 unspecified atom stereocenters. The van der Waals surface area contributed by atoms with E-state index in [0.29, 0.717) is 6.04 Å². The van der Waals surface area contributed by atoms with Crippen LogP contribution in [0.4, 0.5) is 0 Å². The number of halogens is 1. The van der Waals surface area contributed by atoms with Crippen molar-refractivity contribution in [3.63, 3.8) is 0 Å². The summed E-state index contributed by atoms with van der Waals surface area (Å²) in [4.78, 5) is 0. The van der Waals surface area contributed by atoms with Crippen molar-refractivity contribution in [2.45, 2.75) is 52.2 Å². The molecule has 19 heavy (non-hydrogen) atoms. The van der Waals surface area contributed by atoms with Gasteiger partial charge in [-0.25, -0.2) is 0 Å². The highest BCUT2D eigenvalue weighted by Gasteiger charge is 2.23. The Kier molecular flexibility index (Phi) is 6.31. The third-order valence-electron chi connectivity index (χ3n) is 3.46. The van der Waals surface area contributed by atoms with E-state index in [2.05, 4.69) is 45.1 Å². The van der Waals surface area contributed by atoms with Crippen LogP contribution in [0.15, 0.2) is 18.2 Å². The standard InChI is InChI=1S/C16H26ClNO/c1-6-18-14(11-16(3,4)19-5)10-13-8-7-12(2)9-15(13)17/h7-9,14,18H,6,10-11H2,1-5H3. The number of nitrogens with one attached hydrogen (secondary N) is 1. The monoisotopic (exact) mass is 283 g/mol. The van der Waals surface area contributed by atoms with E-state index in [4.69, 9.17) is 16.3 Å². The second-order valence-corrected chi connectivity index (χ2v) is 6.13. The van der Waals surface area contributed by atoms with Gasteiger partial charge in [-0.1, -0.05) is 30.7 Å². The fourth-order valence-electron chi connectivity index (χ4n) is 2.27. The van der Waals surface area contributed by atoms with Crippen molar-refractivity contribution in [1.29, 1.82) is 0 Å². The molecule has 2 nitrogen and oxygen atoms in total. The summed E-state index contributed by atoms with van der Waals surface area (Å²) in [5.41, 5.74) is 2.28. The van der Waals surface area contributed by atoms with E-state index < -0.39 is 0 Å². The molecule has 0 bridgehead atoms. The lowest BCUT2D eigenvalue weighted by Gasteiger charge is -2.29. The number of hydrogen-bond donors (Lipinski definition) is 1. The predicted molar refractivity (Wildman–Crippen MR) is 83.1 cm³/mol. The lowest BCUT2D eigenvalue weighted by atomic mass is 9.93. The fraction of sp³-hybridized carbons (Fsp3) is 0.625. The average Bonchev–Trinajstić information content (AvgIpc) is 2.32. The third-order valence-corrected chi connectivity index (χ3v) is 3.81. The predicted octanol–water partition coefficient (Wildman–Crippen LogP) is 3.98. The lowest BCUT2D eigenvalue weighted by Crippen LogP contribution is -2.39. The van der Waals surface area contributed by atoms with Crippen LogP contribution in [-0.4, -0.2) is 25.3 Å². The first-order chi connectivity index (χ1) is 8.88. The molecule has 0 amide bonds. The van der Waals surface area contributed by atoms with Crippen LogP contribution in [0, 0.1) is 6.92 Å². The van der Waals surface area contributed by atoms with Gasteiger partial charge >= 0.3 is 0 Å². The molecule has 1 rings (SSSR count). The molecule has 1 N–H and O–H groups in total. The highest BCUT2D eigenvalue weighted by molar-refractivity contribution is 6.31. The van der Waals surface area contributed by atoms with Gasteiger partial charge in [0.1, 0.15) is 0 Å². The highest BCUT2D eigenvalue weighted by atomic mass is 35.5. The maximum atomic E-state index is 6.32. The van der Waals surface area contributed by atoms with Crippen molar-refractivity contribution in [2.75, 3.05) is 13.7 Å². The van der Waals surface area contributed by atoms with Crippen molar-refractivity contribution in [2.24, 2.45) is 0 Å². The number of ether oxygens (including phenoxy) is 1. The molecule has 0 aliphatic rings. The molecule has 0 aromatic heterocycles. The van der Waals surface area contributed by atoms with Crippen LogP contribution < -0.4 is 5.32 Å². The number of methoxy groups -OCH3 is 1. The first-order valence-electron chi connectivity index (χ1n) is 6.91. The Bertz CT molecular complexity index is 404. The highest BCUT2D eigenvalue weighted by Crippen LogP contribution is 2.23. The van der Waals surface area contributed by atoms with Gasteiger partial charge in [-0.3, -0.25) is 0 Å². The van der Waals surface area contributed by atoms with Gasteiger partial charge < -0.3 is 10.1 Å². The summed E-state index contributed by atoms with van der Waals surface area (Å²) < 4.78 is 5.53. The van der Waals surface area contributed by atoms with Gasteiger partial charge in [0.15, 0.2) is 0 Å². The molecular weight excluding hydrogens is 258 g/mol. The maximum absolute atomic E-state index is 6.32. The fourth-order valence-corrected chi connectivity index (χ4v) is 2.58. The van der Waals surface area contributed by atoms with Crippen molar-refractivity contribution >= 4 is 11.6 Å². The van der Waals surface area contributed by atoms with Gasteiger partial charge in [0.2, 0.25) is 0 Å². The summed E-state index contributed by atoms with van der Waals surface area (Å²) in [7, 11) is 1.77. The minimum absolute atomic E-state index is 0.121. The van der Waals surface area contributed by atoms with Gasteiger partial charge in [0, 0.05) is 18.2 Å².